The van der Waals surface area contributed by atoms with Crippen LogP contribution in [-0.2, 0) is 0 Å². The maximum Gasteiger partial charge on any atom is 0.138 e. The van der Waals surface area contributed by atoms with Gasteiger partial charge in [-0.3, -0.25) is 0 Å². The van der Waals surface area contributed by atoms with Gasteiger partial charge < -0.3 is 10.5 Å². The highest BCUT2D eigenvalue weighted by atomic mass is 35.5. The molecule has 0 aromatic heterocycles. The summed E-state index contributed by atoms with van der Waals surface area (Å²) in [5.74, 6) is 0.673. The van der Waals surface area contributed by atoms with Crippen LogP contribution in [0.1, 0.15) is 18.1 Å². The summed E-state index contributed by atoms with van der Waals surface area (Å²) in [4.78, 5) is 0.354. The minimum atomic E-state index is 0.354. The Morgan fingerprint density at radius 1 is 1.57 bits per heavy atom. The molecule has 0 heterocycles. The summed E-state index contributed by atoms with van der Waals surface area (Å²) in [6.07, 6.45) is 0. The number of rotatable bonds is 3. The molecule has 1 rings (SSSR count). The van der Waals surface area contributed by atoms with Gasteiger partial charge in [0.05, 0.1) is 11.6 Å². The van der Waals surface area contributed by atoms with Crippen LogP contribution in [0.3, 0.4) is 0 Å². The number of hydrogen-bond acceptors (Lipinski definition) is 2. The number of hydrogen-bond donors (Lipinski definition) is 1. The SMILES string of the molecule is CCOc1cc(C)c(C(N)=S)cc1Cl. The van der Waals surface area contributed by atoms with E-state index in [1.807, 2.05) is 19.9 Å². The lowest BCUT2D eigenvalue weighted by Gasteiger charge is -2.10. The summed E-state index contributed by atoms with van der Waals surface area (Å²) in [5, 5.41) is 0.542. The standard InChI is InChI=1S/C10H12ClNOS/c1-3-13-9-4-6(2)7(10(12)14)5-8(9)11/h4-5H,3H2,1-2H3,(H2,12,14). The molecule has 0 saturated heterocycles. The smallest absolute Gasteiger partial charge is 0.138 e. The van der Waals surface area contributed by atoms with Crippen LogP contribution in [-0.4, -0.2) is 11.6 Å². The van der Waals surface area contributed by atoms with E-state index in [-0.39, 0.29) is 0 Å². The van der Waals surface area contributed by atoms with Crippen LogP contribution >= 0.6 is 23.8 Å². The summed E-state index contributed by atoms with van der Waals surface area (Å²) >= 11 is 10.9. The average molecular weight is 230 g/mol. The number of benzene rings is 1. The first-order valence-electron chi connectivity index (χ1n) is 4.29. The van der Waals surface area contributed by atoms with Crippen molar-refractivity contribution in [2.24, 2.45) is 5.73 Å². The second-order valence-electron chi connectivity index (χ2n) is 2.89. The van der Waals surface area contributed by atoms with Gasteiger partial charge in [0.2, 0.25) is 0 Å². The van der Waals surface area contributed by atoms with E-state index in [1.54, 1.807) is 6.07 Å². The lowest BCUT2D eigenvalue weighted by molar-refractivity contribution is 0.340. The first kappa shape index (κ1) is 11.3. The normalized spacial score (nSPS) is 9.93. The average Bonchev–Trinajstić information content (AvgIpc) is 2.10. The van der Waals surface area contributed by atoms with E-state index >= 15 is 0 Å². The van der Waals surface area contributed by atoms with Crippen LogP contribution in [0.5, 0.6) is 5.75 Å². The fraction of sp³-hybridized carbons (Fsp3) is 0.300. The Labute approximate surface area is 94.0 Å². The third-order valence-corrected chi connectivity index (χ3v) is 2.36. The van der Waals surface area contributed by atoms with Crippen molar-refractivity contribution in [2.45, 2.75) is 13.8 Å². The number of halogens is 1. The van der Waals surface area contributed by atoms with Gasteiger partial charge in [0.25, 0.3) is 0 Å². The Morgan fingerprint density at radius 2 is 2.21 bits per heavy atom. The maximum absolute atomic E-state index is 5.98. The zero-order valence-electron chi connectivity index (χ0n) is 8.13. The topological polar surface area (TPSA) is 35.2 Å². The van der Waals surface area contributed by atoms with E-state index in [4.69, 9.17) is 34.3 Å². The molecule has 1 aromatic carbocycles. The number of nitrogens with two attached hydrogens (primary N) is 1. The Balaban J connectivity index is 3.17. The van der Waals surface area contributed by atoms with E-state index in [2.05, 4.69) is 0 Å². The summed E-state index contributed by atoms with van der Waals surface area (Å²) in [5.41, 5.74) is 7.32. The molecule has 0 aliphatic rings. The molecule has 0 atom stereocenters. The third-order valence-electron chi connectivity index (χ3n) is 1.84. The highest BCUT2D eigenvalue weighted by Gasteiger charge is 2.08. The molecule has 76 valence electrons. The van der Waals surface area contributed by atoms with Crippen molar-refractivity contribution in [1.82, 2.24) is 0 Å². The maximum atomic E-state index is 5.98. The second-order valence-corrected chi connectivity index (χ2v) is 3.74. The molecule has 0 unspecified atom stereocenters. The Bertz CT molecular complexity index is 365. The fourth-order valence-electron chi connectivity index (χ4n) is 1.19. The van der Waals surface area contributed by atoms with E-state index in [0.717, 1.165) is 11.1 Å². The third kappa shape index (κ3) is 2.36. The van der Waals surface area contributed by atoms with Gasteiger partial charge in [-0.05, 0) is 31.5 Å². The van der Waals surface area contributed by atoms with Crippen LogP contribution in [0.2, 0.25) is 5.02 Å². The highest BCUT2D eigenvalue weighted by Crippen LogP contribution is 2.28. The second kappa shape index (κ2) is 4.62. The van der Waals surface area contributed by atoms with Crippen molar-refractivity contribution >= 4 is 28.8 Å². The molecule has 2 nitrogen and oxygen atoms in total. The first-order valence-corrected chi connectivity index (χ1v) is 5.07. The van der Waals surface area contributed by atoms with Gasteiger partial charge in [0.15, 0.2) is 0 Å². The molecule has 0 saturated carbocycles. The van der Waals surface area contributed by atoms with Crippen molar-refractivity contribution in [3.63, 3.8) is 0 Å². The lowest BCUT2D eigenvalue weighted by atomic mass is 10.1. The van der Waals surface area contributed by atoms with Crippen LogP contribution in [0, 0.1) is 6.92 Å². The lowest BCUT2D eigenvalue weighted by Crippen LogP contribution is -2.11. The minimum Gasteiger partial charge on any atom is -0.492 e. The van der Waals surface area contributed by atoms with Gasteiger partial charge in [0, 0.05) is 5.56 Å². The van der Waals surface area contributed by atoms with Crippen LogP contribution in [0.15, 0.2) is 12.1 Å². The zero-order chi connectivity index (χ0) is 10.7. The van der Waals surface area contributed by atoms with Gasteiger partial charge in [-0.15, -0.1) is 0 Å². The monoisotopic (exact) mass is 229 g/mol. The largest absolute Gasteiger partial charge is 0.492 e. The first-order chi connectivity index (χ1) is 6.56. The molecule has 2 N–H and O–H groups in total. The summed E-state index contributed by atoms with van der Waals surface area (Å²) < 4.78 is 5.34. The molecular weight excluding hydrogens is 218 g/mol. The van der Waals surface area contributed by atoms with Crippen molar-refractivity contribution in [2.75, 3.05) is 6.61 Å². The quantitative estimate of drug-likeness (QED) is 0.810. The van der Waals surface area contributed by atoms with Crippen molar-refractivity contribution in [1.29, 1.82) is 0 Å². The Kier molecular flexibility index (Phi) is 3.72. The highest BCUT2D eigenvalue weighted by molar-refractivity contribution is 7.80. The Morgan fingerprint density at radius 3 is 2.71 bits per heavy atom. The molecular formula is C10H12ClNOS. The van der Waals surface area contributed by atoms with E-state index < -0.39 is 0 Å². The van der Waals surface area contributed by atoms with E-state index in [1.165, 1.54) is 0 Å². The number of aryl methyl sites for hydroxylation is 1. The fourth-order valence-corrected chi connectivity index (χ4v) is 1.62. The molecule has 14 heavy (non-hydrogen) atoms. The molecule has 0 amide bonds. The predicted octanol–water partition coefficient (Wildman–Crippen LogP) is 2.68. The van der Waals surface area contributed by atoms with Crippen molar-refractivity contribution in [3.05, 3.63) is 28.3 Å². The summed E-state index contributed by atoms with van der Waals surface area (Å²) in [6.45, 7) is 4.42. The van der Waals surface area contributed by atoms with Crippen molar-refractivity contribution in [3.8, 4) is 5.75 Å². The van der Waals surface area contributed by atoms with Crippen LogP contribution in [0.4, 0.5) is 0 Å². The van der Waals surface area contributed by atoms with Gasteiger partial charge in [-0.25, -0.2) is 0 Å². The number of ether oxygens (including phenoxy) is 1. The van der Waals surface area contributed by atoms with Gasteiger partial charge >= 0.3 is 0 Å². The molecule has 0 aliphatic carbocycles. The number of thiocarbonyl (C=S) groups is 1. The molecule has 0 radical (unpaired) electrons. The van der Waals surface area contributed by atoms with E-state index in [9.17, 15) is 0 Å². The van der Waals surface area contributed by atoms with Crippen LogP contribution < -0.4 is 10.5 Å². The molecule has 1 aromatic rings. The van der Waals surface area contributed by atoms with Gasteiger partial charge in [-0.1, -0.05) is 23.8 Å². The van der Waals surface area contributed by atoms with E-state index in [0.29, 0.717) is 22.4 Å². The van der Waals surface area contributed by atoms with Gasteiger partial charge in [-0.2, -0.15) is 0 Å². The zero-order valence-corrected chi connectivity index (χ0v) is 9.71. The molecule has 0 fully saturated rings. The molecule has 4 heteroatoms. The summed E-state index contributed by atoms with van der Waals surface area (Å²) in [7, 11) is 0. The van der Waals surface area contributed by atoms with Crippen molar-refractivity contribution < 1.29 is 4.74 Å². The Hall–Kier alpha value is -0.800. The van der Waals surface area contributed by atoms with Gasteiger partial charge in [0.1, 0.15) is 10.7 Å². The molecule has 0 bridgehead atoms. The van der Waals surface area contributed by atoms with Crippen LogP contribution in [0.25, 0.3) is 0 Å². The molecule has 0 spiro atoms. The predicted molar refractivity (Wildman–Crippen MR) is 63.2 cm³/mol. The summed E-state index contributed by atoms with van der Waals surface area (Å²) in [6, 6.07) is 3.59. The molecule has 0 aliphatic heterocycles. The minimum absolute atomic E-state index is 0.354.